The average molecular weight is 459 g/mol. The zero-order valence-electron chi connectivity index (χ0n) is 18.8. The lowest BCUT2D eigenvalue weighted by Gasteiger charge is -2.32. The van der Waals surface area contributed by atoms with E-state index in [4.69, 9.17) is 9.47 Å². The SMILES string of the molecule is CC1CCCCN1S(=O)(=O)c1cccc(C(=O)NCC(C)(C)c2ccc3c(c2)OCO3)c1. The Hall–Kier alpha value is -2.58. The van der Waals surface area contributed by atoms with Crippen molar-refractivity contribution in [2.75, 3.05) is 19.9 Å². The van der Waals surface area contributed by atoms with Crippen LogP contribution in [-0.4, -0.2) is 44.6 Å². The predicted octanol–water partition coefficient (Wildman–Crippen LogP) is 3.69. The molecular weight excluding hydrogens is 428 g/mol. The third kappa shape index (κ3) is 4.47. The Balaban J connectivity index is 1.47. The van der Waals surface area contributed by atoms with Crippen LogP contribution in [0, 0.1) is 0 Å². The summed E-state index contributed by atoms with van der Waals surface area (Å²) in [6, 6.07) is 12.0. The first-order valence-corrected chi connectivity index (χ1v) is 12.4. The third-order valence-corrected chi connectivity index (χ3v) is 8.30. The molecule has 1 N–H and O–H groups in total. The minimum absolute atomic E-state index is 0.0336. The van der Waals surface area contributed by atoms with E-state index in [1.165, 1.54) is 6.07 Å². The van der Waals surface area contributed by atoms with E-state index in [-0.39, 0.29) is 29.1 Å². The van der Waals surface area contributed by atoms with Crippen molar-refractivity contribution in [1.82, 2.24) is 9.62 Å². The summed E-state index contributed by atoms with van der Waals surface area (Å²) in [6.45, 7) is 7.11. The summed E-state index contributed by atoms with van der Waals surface area (Å²) in [6.07, 6.45) is 2.75. The zero-order valence-corrected chi connectivity index (χ0v) is 19.6. The minimum atomic E-state index is -3.63. The van der Waals surface area contributed by atoms with Crippen molar-refractivity contribution in [1.29, 1.82) is 0 Å². The van der Waals surface area contributed by atoms with Crippen LogP contribution in [0.3, 0.4) is 0 Å². The van der Waals surface area contributed by atoms with Crippen molar-refractivity contribution in [3.05, 3.63) is 53.6 Å². The maximum absolute atomic E-state index is 13.1. The standard InChI is InChI=1S/C24H30N2O5S/c1-17-7-4-5-12-26(17)32(28,29)20-9-6-8-18(13-20)23(27)25-15-24(2,3)19-10-11-21-22(14-19)31-16-30-21/h6,8-11,13-14,17H,4-5,7,12,15-16H2,1-3H3,(H,25,27). The summed E-state index contributed by atoms with van der Waals surface area (Å²) >= 11 is 0. The average Bonchev–Trinajstić information content (AvgIpc) is 3.26. The second-order valence-electron chi connectivity index (χ2n) is 9.12. The van der Waals surface area contributed by atoms with E-state index in [2.05, 4.69) is 5.32 Å². The van der Waals surface area contributed by atoms with Gasteiger partial charge in [-0.15, -0.1) is 0 Å². The Morgan fingerprint density at radius 1 is 1.12 bits per heavy atom. The molecule has 1 amide bonds. The summed E-state index contributed by atoms with van der Waals surface area (Å²) < 4.78 is 38.7. The first kappa shape index (κ1) is 22.6. The number of rotatable bonds is 6. The molecule has 0 aromatic heterocycles. The van der Waals surface area contributed by atoms with Crippen molar-refractivity contribution >= 4 is 15.9 Å². The molecule has 1 fully saturated rings. The number of sulfonamides is 1. The van der Waals surface area contributed by atoms with Gasteiger partial charge in [-0.25, -0.2) is 8.42 Å². The highest BCUT2D eigenvalue weighted by molar-refractivity contribution is 7.89. The number of hydrogen-bond acceptors (Lipinski definition) is 5. The number of ether oxygens (including phenoxy) is 2. The fourth-order valence-corrected chi connectivity index (χ4v) is 5.93. The van der Waals surface area contributed by atoms with Crippen LogP contribution < -0.4 is 14.8 Å². The molecule has 1 atom stereocenters. The number of amides is 1. The molecule has 2 aromatic carbocycles. The second kappa shape index (κ2) is 8.75. The summed E-state index contributed by atoms with van der Waals surface area (Å²) in [5.74, 6) is 1.11. The lowest BCUT2D eigenvalue weighted by molar-refractivity contribution is 0.0945. The van der Waals surface area contributed by atoms with Crippen LogP contribution in [-0.2, 0) is 15.4 Å². The molecule has 172 valence electrons. The number of nitrogens with zero attached hydrogens (tertiary/aromatic N) is 1. The minimum Gasteiger partial charge on any atom is -0.454 e. The molecule has 0 radical (unpaired) electrons. The topological polar surface area (TPSA) is 84.9 Å². The van der Waals surface area contributed by atoms with Crippen LogP contribution in [0.2, 0.25) is 0 Å². The summed E-state index contributed by atoms with van der Waals surface area (Å²) in [5, 5.41) is 2.95. The molecule has 2 aliphatic rings. The Morgan fingerprint density at radius 2 is 1.91 bits per heavy atom. The molecule has 8 heteroatoms. The number of hydrogen-bond donors (Lipinski definition) is 1. The molecule has 0 aliphatic carbocycles. The van der Waals surface area contributed by atoms with E-state index in [9.17, 15) is 13.2 Å². The van der Waals surface area contributed by atoms with Crippen molar-refractivity contribution in [2.24, 2.45) is 0 Å². The molecule has 0 bridgehead atoms. The molecule has 2 aliphatic heterocycles. The number of fused-ring (bicyclic) bond motifs is 1. The number of benzene rings is 2. The highest BCUT2D eigenvalue weighted by Crippen LogP contribution is 2.36. The van der Waals surface area contributed by atoms with Crippen molar-refractivity contribution in [3.63, 3.8) is 0 Å². The normalized spacial score (nSPS) is 19.0. The molecular formula is C24H30N2O5S. The fraction of sp³-hybridized carbons (Fsp3) is 0.458. The Morgan fingerprint density at radius 3 is 2.69 bits per heavy atom. The van der Waals surface area contributed by atoms with Gasteiger partial charge in [0.1, 0.15) is 0 Å². The van der Waals surface area contributed by atoms with Crippen LogP contribution in [0.4, 0.5) is 0 Å². The van der Waals surface area contributed by atoms with Gasteiger partial charge in [-0.1, -0.05) is 32.4 Å². The third-order valence-electron chi connectivity index (χ3n) is 6.29. The van der Waals surface area contributed by atoms with Gasteiger partial charge in [0.2, 0.25) is 16.8 Å². The number of piperidine rings is 1. The van der Waals surface area contributed by atoms with Crippen LogP contribution in [0.25, 0.3) is 0 Å². The van der Waals surface area contributed by atoms with Crippen LogP contribution in [0.5, 0.6) is 11.5 Å². The van der Waals surface area contributed by atoms with Gasteiger partial charge in [0.25, 0.3) is 5.91 Å². The van der Waals surface area contributed by atoms with Crippen LogP contribution >= 0.6 is 0 Å². The maximum Gasteiger partial charge on any atom is 0.251 e. The van der Waals surface area contributed by atoms with E-state index in [1.807, 2.05) is 39.0 Å². The zero-order chi connectivity index (χ0) is 22.9. The Kier molecular flexibility index (Phi) is 6.18. The highest BCUT2D eigenvalue weighted by atomic mass is 32.2. The first-order chi connectivity index (χ1) is 15.2. The largest absolute Gasteiger partial charge is 0.454 e. The van der Waals surface area contributed by atoms with Crippen molar-refractivity contribution in [3.8, 4) is 11.5 Å². The van der Waals surface area contributed by atoms with Gasteiger partial charge in [0, 0.05) is 30.1 Å². The van der Waals surface area contributed by atoms with E-state index in [1.54, 1.807) is 22.5 Å². The van der Waals surface area contributed by atoms with Gasteiger partial charge < -0.3 is 14.8 Å². The van der Waals surface area contributed by atoms with E-state index < -0.39 is 10.0 Å². The number of nitrogens with one attached hydrogen (secondary N) is 1. The highest BCUT2D eigenvalue weighted by Gasteiger charge is 2.31. The van der Waals surface area contributed by atoms with Gasteiger partial charge >= 0.3 is 0 Å². The maximum atomic E-state index is 13.1. The lowest BCUT2D eigenvalue weighted by Crippen LogP contribution is -2.42. The molecule has 32 heavy (non-hydrogen) atoms. The van der Waals surface area contributed by atoms with Gasteiger partial charge in [-0.3, -0.25) is 4.79 Å². The molecule has 4 rings (SSSR count). The van der Waals surface area contributed by atoms with E-state index >= 15 is 0 Å². The van der Waals surface area contributed by atoms with Gasteiger partial charge in [-0.05, 0) is 55.7 Å². The smallest absolute Gasteiger partial charge is 0.251 e. The molecule has 7 nitrogen and oxygen atoms in total. The number of carbonyl (C=O) groups excluding carboxylic acids is 1. The summed E-state index contributed by atoms with van der Waals surface area (Å²) in [7, 11) is -3.63. The van der Waals surface area contributed by atoms with Crippen LogP contribution in [0.15, 0.2) is 47.4 Å². The quantitative estimate of drug-likeness (QED) is 0.714. The van der Waals surface area contributed by atoms with Gasteiger partial charge in [0.15, 0.2) is 11.5 Å². The monoisotopic (exact) mass is 458 g/mol. The van der Waals surface area contributed by atoms with Gasteiger partial charge in [0.05, 0.1) is 4.90 Å². The fourth-order valence-electron chi connectivity index (χ4n) is 4.18. The number of carbonyl (C=O) groups is 1. The Bertz CT molecular complexity index is 1110. The second-order valence-corrected chi connectivity index (χ2v) is 11.0. The molecule has 2 aromatic rings. The predicted molar refractivity (Wildman–Crippen MR) is 122 cm³/mol. The van der Waals surface area contributed by atoms with E-state index in [0.717, 1.165) is 30.6 Å². The van der Waals surface area contributed by atoms with Crippen molar-refractivity contribution < 1.29 is 22.7 Å². The molecule has 0 saturated carbocycles. The van der Waals surface area contributed by atoms with E-state index in [0.29, 0.717) is 24.4 Å². The van der Waals surface area contributed by atoms with Crippen molar-refractivity contribution in [2.45, 2.75) is 56.4 Å². The molecule has 1 unspecified atom stereocenters. The first-order valence-electron chi connectivity index (χ1n) is 11.0. The van der Waals surface area contributed by atoms with Gasteiger partial charge in [-0.2, -0.15) is 4.31 Å². The summed E-state index contributed by atoms with van der Waals surface area (Å²) in [5.41, 5.74) is 0.985. The lowest BCUT2D eigenvalue weighted by atomic mass is 9.84. The van der Waals surface area contributed by atoms with Crippen LogP contribution in [0.1, 0.15) is 56.0 Å². The summed E-state index contributed by atoms with van der Waals surface area (Å²) in [4.78, 5) is 13.0. The molecule has 1 saturated heterocycles. The molecule has 2 heterocycles. The Labute approximate surface area is 189 Å². The molecule has 0 spiro atoms.